The molecular formula is C14H20N2O. The number of fused-ring (bicyclic) bond motifs is 1. The highest BCUT2D eigenvalue weighted by molar-refractivity contribution is 5.90. The smallest absolute Gasteiger partial charge is 0.143 e. The molecule has 2 rings (SSSR count). The van der Waals surface area contributed by atoms with Gasteiger partial charge in [0, 0.05) is 11.1 Å². The van der Waals surface area contributed by atoms with Crippen LogP contribution in [0.3, 0.4) is 0 Å². The zero-order chi connectivity index (χ0) is 12.8. The molecule has 17 heavy (non-hydrogen) atoms. The van der Waals surface area contributed by atoms with E-state index in [1.165, 1.54) is 16.5 Å². The minimum Gasteiger partial charge on any atom is -0.495 e. The molecule has 0 amide bonds. The van der Waals surface area contributed by atoms with E-state index in [0.29, 0.717) is 0 Å². The number of rotatable bonds is 2. The van der Waals surface area contributed by atoms with Gasteiger partial charge >= 0.3 is 0 Å². The van der Waals surface area contributed by atoms with E-state index in [0.717, 1.165) is 17.0 Å². The van der Waals surface area contributed by atoms with Gasteiger partial charge in [0.2, 0.25) is 0 Å². The molecule has 0 fully saturated rings. The van der Waals surface area contributed by atoms with Crippen molar-refractivity contribution in [3.8, 4) is 5.75 Å². The predicted molar refractivity (Wildman–Crippen MR) is 71.5 cm³/mol. The van der Waals surface area contributed by atoms with Gasteiger partial charge in [-0.25, -0.2) is 0 Å². The second-order valence-electron chi connectivity index (χ2n) is 5.24. The van der Waals surface area contributed by atoms with Crippen LogP contribution in [0, 0.1) is 13.8 Å². The summed E-state index contributed by atoms with van der Waals surface area (Å²) in [6.07, 6.45) is 0. The fourth-order valence-corrected chi connectivity index (χ4v) is 2.34. The van der Waals surface area contributed by atoms with Gasteiger partial charge < -0.3 is 15.5 Å². The van der Waals surface area contributed by atoms with Crippen LogP contribution in [0.15, 0.2) is 12.1 Å². The molecule has 0 saturated carbocycles. The quantitative estimate of drug-likeness (QED) is 0.836. The molecule has 1 aromatic heterocycles. The van der Waals surface area contributed by atoms with Gasteiger partial charge in [-0.15, -0.1) is 0 Å². The summed E-state index contributed by atoms with van der Waals surface area (Å²) in [6.45, 7) is 8.18. The highest BCUT2D eigenvalue weighted by Gasteiger charge is 2.22. The third-order valence-corrected chi connectivity index (χ3v) is 3.14. The Bertz CT molecular complexity index is 562. The molecule has 0 unspecified atom stereocenters. The van der Waals surface area contributed by atoms with Crippen LogP contribution >= 0.6 is 0 Å². The molecule has 0 atom stereocenters. The largest absolute Gasteiger partial charge is 0.495 e. The second kappa shape index (κ2) is 3.77. The number of ether oxygens (including phenoxy) is 1. The summed E-state index contributed by atoms with van der Waals surface area (Å²) < 4.78 is 5.42. The molecule has 3 nitrogen and oxygen atoms in total. The Hall–Kier alpha value is -1.48. The van der Waals surface area contributed by atoms with E-state index in [-0.39, 0.29) is 5.54 Å². The fourth-order valence-electron chi connectivity index (χ4n) is 2.34. The van der Waals surface area contributed by atoms with E-state index < -0.39 is 0 Å². The Morgan fingerprint density at radius 1 is 1.24 bits per heavy atom. The molecule has 3 N–H and O–H groups in total. The topological polar surface area (TPSA) is 51.0 Å². The number of benzene rings is 1. The number of methoxy groups -OCH3 is 1. The van der Waals surface area contributed by atoms with Crippen LogP contribution in [0.2, 0.25) is 0 Å². The van der Waals surface area contributed by atoms with Crippen molar-refractivity contribution in [3.05, 3.63) is 29.0 Å². The van der Waals surface area contributed by atoms with Crippen LogP contribution in [0.5, 0.6) is 5.75 Å². The number of hydrogen-bond donors (Lipinski definition) is 2. The lowest BCUT2D eigenvalue weighted by atomic mass is 9.98. The van der Waals surface area contributed by atoms with Gasteiger partial charge in [-0.2, -0.15) is 0 Å². The molecule has 0 radical (unpaired) electrons. The van der Waals surface area contributed by atoms with Crippen LogP contribution < -0.4 is 10.5 Å². The first-order valence-electron chi connectivity index (χ1n) is 5.81. The highest BCUT2D eigenvalue weighted by atomic mass is 16.5. The highest BCUT2D eigenvalue weighted by Crippen LogP contribution is 2.33. The normalized spacial score (nSPS) is 12.1. The first-order chi connectivity index (χ1) is 7.84. The number of nitrogens with one attached hydrogen (secondary N) is 1. The number of aromatic amines is 1. The van der Waals surface area contributed by atoms with Gasteiger partial charge in [-0.3, -0.25) is 0 Å². The Morgan fingerprint density at radius 2 is 1.88 bits per heavy atom. The summed E-state index contributed by atoms with van der Waals surface area (Å²) in [5.74, 6) is 0.874. The predicted octanol–water partition coefficient (Wildman–Crippen LogP) is 2.99. The summed E-state index contributed by atoms with van der Waals surface area (Å²) in [4.78, 5) is 3.40. The fraction of sp³-hybridized carbons (Fsp3) is 0.429. The maximum Gasteiger partial charge on any atom is 0.143 e. The molecule has 92 valence electrons. The second-order valence-corrected chi connectivity index (χ2v) is 5.24. The average molecular weight is 232 g/mol. The molecule has 0 spiro atoms. The maximum atomic E-state index is 6.18. The third kappa shape index (κ3) is 1.91. The Morgan fingerprint density at radius 3 is 2.41 bits per heavy atom. The van der Waals surface area contributed by atoms with Crippen molar-refractivity contribution in [3.63, 3.8) is 0 Å². The van der Waals surface area contributed by atoms with E-state index in [9.17, 15) is 0 Å². The minimum absolute atomic E-state index is 0.373. The monoisotopic (exact) mass is 232 g/mol. The molecule has 2 aromatic rings. The number of aryl methyl sites for hydroxylation is 2. The lowest BCUT2D eigenvalue weighted by Crippen LogP contribution is -2.29. The standard InChI is InChI=1S/C14H20N2O/c1-8-6-10-9(2)13(14(3,4)15)16-12(10)11(7-8)17-5/h6-7,16H,15H2,1-5H3. The zero-order valence-electron chi connectivity index (χ0n) is 11.1. The summed E-state index contributed by atoms with van der Waals surface area (Å²) in [7, 11) is 1.69. The number of nitrogens with two attached hydrogens (primary N) is 1. The first kappa shape index (κ1) is 12.0. The average Bonchev–Trinajstić information content (AvgIpc) is 2.55. The first-order valence-corrected chi connectivity index (χ1v) is 5.81. The van der Waals surface area contributed by atoms with Crippen molar-refractivity contribution < 1.29 is 4.74 Å². The van der Waals surface area contributed by atoms with Crippen LogP contribution in [0.25, 0.3) is 10.9 Å². The van der Waals surface area contributed by atoms with Crippen molar-refractivity contribution in [2.75, 3.05) is 7.11 Å². The number of aromatic nitrogens is 1. The van der Waals surface area contributed by atoms with Crippen molar-refractivity contribution in [2.24, 2.45) is 5.73 Å². The van der Waals surface area contributed by atoms with E-state index in [1.807, 2.05) is 19.9 Å². The summed E-state index contributed by atoms with van der Waals surface area (Å²) in [5, 5.41) is 1.19. The molecule has 1 aromatic carbocycles. The van der Waals surface area contributed by atoms with Crippen LogP contribution in [-0.2, 0) is 5.54 Å². The van der Waals surface area contributed by atoms with Crippen molar-refractivity contribution in [1.82, 2.24) is 4.98 Å². The van der Waals surface area contributed by atoms with Gasteiger partial charge in [-0.1, -0.05) is 0 Å². The molecule has 1 heterocycles. The van der Waals surface area contributed by atoms with Crippen LogP contribution in [-0.4, -0.2) is 12.1 Å². The van der Waals surface area contributed by atoms with Gasteiger partial charge in [-0.05, 0) is 51.0 Å². The number of H-pyrrole nitrogens is 1. The van der Waals surface area contributed by atoms with Gasteiger partial charge in [0.15, 0.2) is 0 Å². The van der Waals surface area contributed by atoms with Gasteiger partial charge in [0.05, 0.1) is 18.2 Å². The molecule has 0 bridgehead atoms. The third-order valence-electron chi connectivity index (χ3n) is 3.14. The Labute approximate surface area is 102 Å². The lowest BCUT2D eigenvalue weighted by molar-refractivity contribution is 0.418. The van der Waals surface area contributed by atoms with Gasteiger partial charge in [0.1, 0.15) is 5.75 Å². The lowest BCUT2D eigenvalue weighted by Gasteiger charge is -2.18. The summed E-state index contributed by atoms with van der Waals surface area (Å²) in [5.41, 5.74) is 10.3. The van der Waals surface area contributed by atoms with Gasteiger partial charge in [0.25, 0.3) is 0 Å². The molecule has 0 aliphatic carbocycles. The Kier molecular flexibility index (Phi) is 2.66. The molecular weight excluding hydrogens is 212 g/mol. The summed E-state index contributed by atoms with van der Waals surface area (Å²) >= 11 is 0. The molecule has 0 aliphatic heterocycles. The maximum absolute atomic E-state index is 6.18. The Balaban J connectivity index is 2.82. The molecule has 3 heteroatoms. The number of hydrogen-bond acceptors (Lipinski definition) is 2. The van der Waals surface area contributed by atoms with Crippen molar-refractivity contribution >= 4 is 10.9 Å². The summed E-state index contributed by atoms with van der Waals surface area (Å²) in [6, 6.07) is 4.20. The van der Waals surface area contributed by atoms with Crippen molar-refractivity contribution in [1.29, 1.82) is 0 Å². The zero-order valence-corrected chi connectivity index (χ0v) is 11.1. The van der Waals surface area contributed by atoms with E-state index in [4.69, 9.17) is 10.5 Å². The van der Waals surface area contributed by atoms with E-state index >= 15 is 0 Å². The van der Waals surface area contributed by atoms with Crippen molar-refractivity contribution in [2.45, 2.75) is 33.2 Å². The SMILES string of the molecule is COc1cc(C)cc2c(C)c(C(C)(C)N)[nH]c12. The minimum atomic E-state index is -0.373. The van der Waals surface area contributed by atoms with Crippen LogP contribution in [0.4, 0.5) is 0 Å². The van der Waals surface area contributed by atoms with Crippen LogP contribution in [0.1, 0.15) is 30.7 Å². The van der Waals surface area contributed by atoms with E-state index in [1.54, 1.807) is 7.11 Å². The molecule has 0 aliphatic rings. The molecule has 0 saturated heterocycles. The van der Waals surface area contributed by atoms with E-state index in [2.05, 4.69) is 24.9 Å².